The number of aliphatic hydroxyl groups is 1. The summed E-state index contributed by atoms with van der Waals surface area (Å²) in [6.45, 7) is 5.03. The third-order valence-electron chi connectivity index (χ3n) is 4.07. The topological polar surface area (TPSA) is 49.8 Å². The second kappa shape index (κ2) is 10.2. The second-order valence-electron chi connectivity index (χ2n) is 6.17. The highest BCUT2D eigenvalue weighted by molar-refractivity contribution is 8.00. The smallest absolute Gasteiger partial charge is 0.235 e. The highest BCUT2D eigenvalue weighted by Crippen LogP contribution is 2.22. The largest absolute Gasteiger partial charge is 0.494 e. The molecule has 0 aliphatic rings. The molecule has 2 unspecified atom stereocenters. The van der Waals surface area contributed by atoms with Gasteiger partial charge in [-0.05, 0) is 37.1 Å². The maximum absolute atomic E-state index is 12.6. The van der Waals surface area contributed by atoms with Gasteiger partial charge in [-0.15, -0.1) is 11.8 Å². The summed E-state index contributed by atoms with van der Waals surface area (Å²) in [6, 6.07) is 17.3. The summed E-state index contributed by atoms with van der Waals surface area (Å²) >= 11 is 1.47. The van der Waals surface area contributed by atoms with E-state index in [0.29, 0.717) is 18.9 Å². The van der Waals surface area contributed by atoms with Crippen LogP contribution in [0.2, 0.25) is 0 Å². The average Bonchev–Trinajstić information content (AvgIpc) is 2.67. The number of carbonyl (C=O) groups is 1. The van der Waals surface area contributed by atoms with Crippen molar-refractivity contribution in [1.29, 1.82) is 0 Å². The number of ether oxygens (including phenoxy) is 1. The van der Waals surface area contributed by atoms with Crippen molar-refractivity contribution in [2.24, 2.45) is 0 Å². The van der Waals surface area contributed by atoms with Gasteiger partial charge in [0.15, 0.2) is 0 Å². The normalized spacial score (nSPS) is 13.1. The standard InChI is InChI=1S/C21H27NO3S/c1-4-25-19-12-10-17(11-13-19)14-22(3)21(24)16(2)26-15-20(23)18-8-6-5-7-9-18/h5-13,16,20,23H,4,14-15H2,1-3H3. The number of aliphatic hydroxyl groups excluding tert-OH is 1. The summed E-state index contributed by atoms with van der Waals surface area (Å²) in [6.07, 6.45) is -0.562. The average molecular weight is 374 g/mol. The van der Waals surface area contributed by atoms with E-state index in [1.54, 1.807) is 4.90 Å². The Morgan fingerprint density at radius 2 is 1.81 bits per heavy atom. The number of benzene rings is 2. The molecule has 0 radical (unpaired) electrons. The predicted molar refractivity (Wildman–Crippen MR) is 107 cm³/mol. The van der Waals surface area contributed by atoms with Gasteiger partial charge in [-0.1, -0.05) is 42.5 Å². The molecule has 2 aromatic rings. The fourth-order valence-corrected chi connectivity index (χ4v) is 3.58. The molecule has 0 fully saturated rings. The molecule has 140 valence electrons. The van der Waals surface area contributed by atoms with E-state index in [2.05, 4.69) is 0 Å². The van der Waals surface area contributed by atoms with E-state index in [0.717, 1.165) is 16.9 Å². The molecule has 0 aliphatic heterocycles. The lowest BCUT2D eigenvalue weighted by atomic mass is 10.1. The van der Waals surface area contributed by atoms with E-state index in [4.69, 9.17) is 4.74 Å². The van der Waals surface area contributed by atoms with Crippen LogP contribution in [0.15, 0.2) is 54.6 Å². The SMILES string of the molecule is CCOc1ccc(CN(C)C(=O)C(C)SCC(O)c2ccccc2)cc1. The molecule has 26 heavy (non-hydrogen) atoms. The molecule has 4 nitrogen and oxygen atoms in total. The first-order chi connectivity index (χ1) is 12.5. The van der Waals surface area contributed by atoms with Crippen LogP contribution in [-0.2, 0) is 11.3 Å². The zero-order valence-electron chi connectivity index (χ0n) is 15.6. The van der Waals surface area contributed by atoms with Crippen molar-refractivity contribution < 1.29 is 14.6 Å². The zero-order valence-corrected chi connectivity index (χ0v) is 16.4. The summed E-state index contributed by atoms with van der Waals surface area (Å²) in [5, 5.41) is 10.0. The van der Waals surface area contributed by atoms with Crippen LogP contribution in [0.4, 0.5) is 0 Å². The maximum Gasteiger partial charge on any atom is 0.235 e. The number of hydrogen-bond donors (Lipinski definition) is 1. The molecule has 0 aliphatic carbocycles. The van der Waals surface area contributed by atoms with Crippen LogP contribution in [0.1, 0.15) is 31.1 Å². The van der Waals surface area contributed by atoms with Gasteiger partial charge >= 0.3 is 0 Å². The lowest BCUT2D eigenvalue weighted by Gasteiger charge is -2.22. The summed E-state index contributed by atoms with van der Waals surface area (Å²) in [7, 11) is 1.81. The Kier molecular flexibility index (Phi) is 8.01. The molecule has 2 aromatic carbocycles. The lowest BCUT2D eigenvalue weighted by molar-refractivity contribution is -0.129. The zero-order chi connectivity index (χ0) is 18.9. The van der Waals surface area contributed by atoms with Gasteiger partial charge in [0.1, 0.15) is 5.75 Å². The fourth-order valence-electron chi connectivity index (χ4n) is 2.60. The Morgan fingerprint density at radius 3 is 2.42 bits per heavy atom. The summed E-state index contributed by atoms with van der Waals surface area (Å²) in [4.78, 5) is 14.3. The quantitative estimate of drug-likeness (QED) is 0.724. The van der Waals surface area contributed by atoms with E-state index in [9.17, 15) is 9.90 Å². The van der Waals surface area contributed by atoms with Gasteiger partial charge in [-0.25, -0.2) is 0 Å². The highest BCUT2D eigenvalue weighted by Gasteiger charge is 2.20. The molecule has 2 atom stereocenters. The first-order valence-corrected chi connectivity index (χ1v) is 9.87. The van der Waals surface area contributed by atoms with Gasteiger partial charge in [-0.2, -0.15) is 0 Å². The van der Waals surface area contributed by atoms with Crippen LogP contribution in [0.25, 0.3) is 0 Å². The number of carbonyl (C=O) groups excluding carboxylic acids is 1. The van der Waals surface area contributed by atoms with E-state index < -0.39 is 6.10 Å². The minimum atomic E-state index is -0.562. The van der Waals surface area contributed by atoms with E-state index in [1.165, 1.54) is 11.8 Å². The summed E-state index contributed by atoms with van der Waals surface area (Å²) in [5.74, 6) is 1.39. The molecule has 0 saturated carbocycles. The Labute approximate surface area is 160 Å². The number of rotatable bonds is 9. The van der Waals surface area contributed by atoms with Crippen LogP contribution in [-0.4, -0.2) is 40.6 Å². The minimum absolute atomic E-state index is 0.0594. The van der Waals surface area contributed by atoms with Crippen molar-refractivity contribution in [3.63, 3.8) is 0 Å². The third-order valence-corrected chi connectivity index (χ3v) is 5.28. The number of thioether (sulfide) groups is 1. The molecule has 1 N–H and O–H groups in total. The first-order valence-electron chi connectivity index (χ1n) is 8.82. The van der Waals surface area contributed by atoms with Gasteiger partial charge in [-0.3, -0.25) is 4.79 Å². The second-order valence-corrected chi connectivity index (χ2v) is 7.55. The summed E-state index contributed by atoms with van der Waals surface area (Å²) in [5.41, 5.74) is 1.94. The Bertz CT molecular complexity index is 675. The van der Waals surface area contributed by atoms with Gasteiger partial charge in [0.05, 0.1) is 18.0 Å². The van der Waals surface area contributed by atoms with E-state index in [-0.39, 0.29) is 11.2 Å². The van der Waals surface area contributed by atoms with Crippen LogP contribution >= 0.6 is 11.8 Å². The monoisotopic (exact) mass is 373 g/mol. The molecule has 0 aromatic heterocycles. The van der Waals surface area contributed by atoms with Crippen molar-refractivity contribution in [3.05, 3.63) is 65.7 Å². The van der Waals surface area contributed by atoms with Crippen molar-refractivity contribution in [1.82, 2.24) is 4.90 Å². The summed E-state index contributed by atoms with van der Waals surface area (Å²) < 4.78 is 5.43. The van der Waals surface area contributed by atoms with Crippen LogP contribution in [0, 0.1) is 0 Å². The number of amides is 1. The van der Waals surface area contributed by atoms with E-state index in [1.807, 2.05) is 75.5 Å². The Balaban J connectivity index is 1.82. The van der Waals surface area contributed by atoms with Crippen molar-refractivity contribution in [2.45, 2.75) is 31.7 Å². The maximum atomic E-state index is 12.6. The minimum Gasteiger partial charge on any atom is -0.494 e. The molecule has 1 amide bonds. The highest BCUT2D eigenvalue weighted by atomic mass is 32.2. The molecular formula is C21H27NO3S. The molecule has 0 bridgehead atoms. The Hall–Kier alpha value is -1.98. The van der Waals surface area contributed by atoms with Gasteiger partial charge in [0.25, 0.3) is 0 Å². The van der Waals surface area contributed by atoms with Gasteiger partial charge < -0.3 is 14.7 Å². The number of nitrogens with zero attached hydrogens (tertiary/aromatic N) is 1. The lowest BCUT2D eigenvalue weighted by Crippen LogP contribution is -2.33. The van der Waals surface area contributed by atoms with E-state index >= 15 is 0 Å². The van der Waals surface area contributed by atoms with Gasteiger partial charge in [0.2, 0.25) is 5.91 Å². The van der Waals surface area contributed by atoms with Crippen LogP contribution < -0.4 is 4.74 Å². The molecule has 0 saturated heterocycles. The fraction of sp³-hybridized carbons (Fsp3) is 0.381. The third kappa shape index (κ3) is 6.07. The number of hydrogen-bond acceptors (Lipinski definition) is 4. The molecule has 0 spiro atoms. The van der Waals surface area contributed by atoms with Crippen LogP contribution in [0.5, 0.6) is 5.75 Å². The molecular weight excluding hydrogens is 346 g/mol. The van der Waals surface area contributed by atoms with Crippen molar-refractivity contribution >= 4 is 17.7 Å². The Morgan fingerprint density at radius 1 is 1.15 bits per heavy atom. The van der Waals surface area contributed by atoms with Crippen molar-refractivity contribution in [3.8, 4) is 5.75 Å². The predicted octanol–water partition coefficient (Wildman–Crippen LogP) is 3.90. The van der Waals surface area contributed by atoms with Crippen LogP contribution in [0.3, 0.4) is 0 Å². The van der Waals surface area contributed by atoms with Crippen molar-refractivity contribution in [2.75, 3.05) is 19.4 Å². The van der Waals surface area contributed by atoms with Gasteiger partial charge in [0, 0.05) is 19.3 Å². The molecule has 0 heterocycles. The molecule has 5 heteroatoms. The first kappa shape index (κ1) is 20.3. The molecule has 2 rings (SSSR count).